The van der Waals surface area contributed by atoms with Crippen LogP contribution in [0, 0.1) is 17.8 Å². The molecule has 0 saturated heterocycles. The monoisotopic (exact) mass is 241 g/mol. The normalized spacial score (nSPS) is 23.1. The fourth-order valence-electron chi connectivity index (χ4n) is 2.42. The minimum absolute atomic E-state index is 0.704. The molecule has 2 heteroatoms. The lowest BCUT2D eigenvalue weighted by Gasteiger charge is -2.23. The Labute approximate surface area is 105 Å². The molecule has 0 aromatic carbocycles. The number of rotatable bonds is 8. The summed E-state index contributed by atoms with van der Waals surface area (Å²) < 4.78 is 0. The lowest BCUT2D eigenvalue weighted by atomic mass is 10.1. The largest absolute Gasteiger partial charge is 0.310 e. The standard InChI is InChI=1S/C14H27NS/c1-10(2)8-16-9-11(3)15-14(12-4-5-12)13-6-7-13/h10-15H,4-9H2,1-3H3. The molecule has 0 bridgehead atoms. The molecule has 2 saturated carbocycles. The van der Waals surface area contributed by atoms with Crippen LogP contribution in [-0.4, -0.2) is 23.6 Å². The van der Waals surface area contributed by atoms with Crippen LogP contribution < -0.4 is 5.32 Å². The van der Waals surface area contributed by atoms with Gasteiger partial charge in [0.2, 0.25) is 0 Å². The van der Waals surface area contributed by atoms with E-state index in [2.05, 4.69) is 37.8 Å². The zero-order valence-corrected chi connectivity index (χ0v) is 11.9. The highest BCUT2D eigenvalue weighted by atomic mass is 32.2. The predicted molar refractivity (Wildman–Crippen MR) is 74.0 cm³/mol. The van der Waals surface area contributed by atoms with Gasteiger partial charge in [-0.15, -0.1) is 0 Å². The molecule has 1 atom stereocenters. The zero-order valence-electron chi connectivity index (χ0n) is 11.0. The number of nitrogens with one attached hydrogen (secondary N) is 1. The summed E-state index contributed by atoms with van der Waals surface area (Å²) in [6.45, 7) is 6.98. The third-order valence-corrected chi connectivity index (χ3v) is 5.19. The van der Waals surface area contributed by atoms with Gasteiger partial charge in [-0.25, -0.2) is 0 Å². The van der Waals surface area contributed by atoms with E-state index in [0.29, 0.717) is 6.04 Å². The van der Waals surface area contributed by atoms with Gasteiger partial charge in [0.25, 0.3) is 0 Å². The molecule has 16 heavy (non-hydrogen) atoms. The molecule has 2 aliphatic carbocycles. The maximum atomic E-state index is 3.89. The molecule has 2 rings (SSSR count). The van der Waals surface area contributed by atoms with Gasteiger partial charge in [-0.3, -0.25) is 0 Å². The third-order valence-electron chi connectivity index (χ3n) is 3.56. The number of hydrogen-bond donors (Lipinski definition) is 1. The van der Waals surface area contributed by atoms with Gasteiger partial charge < -0.3 is 5.32 Å². The molecule has 0 amide bonds. The maximum Gasteiger partial charge on any atom is 0.0132 e. The summed E-state index contributed by atoms with van der Waals surface area (Å²) in [4.78, 5) is 0. The van der Waals surface area contributed by atoms with Crippen molar-refractivity contribution in [3.05, 3.63) is 0 Å². The van der Waals surface area contributed by atoms with Gasteiger partial charge in [0.05, 0.1) is 0 Å². The van der Waals surface area contributed by atoms with Crippen LogP contribution in [0.4, 0.5) is 0 Å². The second-order valence-corrected chi connectivity index (χ2v) is 7.27. The van der Waals surface area contributed by atoms with E-state index < -0.39 is 0 Å². The molecule has 0 aromatic heterocycles. The summed E-state index contributed by atoms with van der Waals surface area (Å²) in [6.07, 6.45) is 5.94. The van der Waals surface area contributed by atoms with E-state index in [1.807, 2.05) is 0 Å². The highest BCUT2D eigenvalue weighted by molar-refractivity contribution is 7.99. The molecule has 1 nitrogen and oxygen atoms in total. The first kappa shape index (κ1) is 12.8. The van der Waals surface area contributed by atoms with Crippen molar-refractivity contribution >= 4 is 11.8 Å². The Hall–Kier alpha value is 0.310. The summed E-state index contributed by atoms with van der Waals surface area (Å²) in [7, 11) is 0. The first-order valence-corrected chi connectivity index (χ1v) is 8.16. The van der Waals surface area contributed by atoms with E-state index in [1.54, 1.807) is 0 Å². The molecule has 0 radical (unpaired) electrons. The second-order valence-electron chi connectivity index (χ2n) is 6.20. The van der Waals surface area contributed by atoms with E-state index in [0.717, 1.165) is 23.8 Å². The van der Waals surface area contributed by atoms with Crippen molar-refractivity contribution in [1.29, 1.82) is 0 Å². The molecule has 1 unspecified atom stereocenters. The minimum atomic E-state index is 0.704. The Balaban J connectivity index is 1.62. The van der Waals surface area contributed by atoms with Crippen molar-refractivity contribution in [3.63, 3.8) is 0 Å². The molecule has 2 fully saturated rings. The Morgan fingerprint density at radius 1 is 1.00 bits per heavy atom. The van der Waals surface area contributed by atoms with Crippen LogP contribution in [0.3, 0.4) is 0 Å². The lowest BCUT2D eigenvalue weighted by molar-refractivity contribution is 0.387. The van der Waals surface area contributed by atoms with Crippen molar-refractivity contribution < 1.29 is 0 Å². The van der Waals surface area contributed by atoms with Crippen LogP contribution in [0.2, 0.25) is 0 Å². The summed E-state index contributed by atoms with van der Waals surface area (Å²) in [5.74, 6) is 5.49. The Kier molecular flexibility index (Phi) is 4.60. The van der Waals surface area contributed by atoms with E-state index in [1.165, 1.54) is 37.2 Å². The Morgan fingerprint density at radius 2 is 1.56 bits per heavy atom. The van der Waals surface area contributed by atoms with E-state index in [-0.39, 0.29) is 0 Å². The molecule has 0 heterocycles. The van der Waals surface area contributed by atoms with Gasteiger partial charge >= 0.3 is 0 Å². The first-order chi connectivity index (χ1) is 7.66. The lowest BCUT2D eigenvalue weighted by Crippen LogP contribution is -2.40. The smallest absolute Gasteiger partial charge is 0.0132 e. The quantitative estimate of drug-likeness (QED) is 0.697. The van der Waals surface area contributed by atoms with Crippen LogP contribution in [-0.2, 0) is 0 Å². The predicted octanol–water partition coefficient (Wildman–Crippen LogP) is 3.54. The Bertz CT molecular complexity index is 197. The average molecular weight is 241 g/mol. The van der Waals surface area contributed by atoms with E-state index in [9.17, 15) is 0 Å². The summed E-state index contributed by atoms with van der Waals surface area (Å²) >= 11 is 2.11. The molecule has 0 spiro atoms. The van der Waals surface area contributed by atoms with Crippen molar-refractivity contribution in [2.45, 2.75) is 58.5 Å². The third kappa shape index (κ3) is 4.29. The van der Waals surface area contributed by atoms with E-state index in [4.69, 9.17) is 0 Å². The molecular weight excluding hydrogens is 214 g/mol. The summed E-state index contributed by atoms with van der Waals surface area (Å²) in [5.41, 5.74) is 0. The molecular formula is C14H27NS. The Morgan fingerprint density at radius 3 is 2.00 bits per heavy atom. The van der Waals surface area contributed by atoms with Gasteiger partial charge in [0.1, 0.15) is 0 Å². The highest BCUT2D eigenvalue weighted by Crippen LogP contribution is 2.44. The van der Waals surface area contributed by atoms with Gasteiger partial charge in [-0.1, -0.05) is 13.8 Å². The zero-order chi connectivity index (χ0) is 11.5. The number of hydrogen-bond acceptors (Lipinski definition) is 2. The first-order valence-electron chi connectivity index (χ1n) is 7.00. The van der Waals surface area contributed by atoms with Crippen molar-refractivity contribution in [1.82, 2.24) is 5.32 Å². The second kappa shape index (κ2) is 5.77. The molecule has 2 aliphatic rings. The minimum Gasteiger partial charge on any atom is -0.310 e. The van der Waals surface area contributed by atoms with Gasteiger partial charge in [-0.05, 0) is 56.1 Å². The van der Waals surface area contributed by atoms with Crippen LogP contribution >= 0.6 is 11.8 Å². The van der Waals surface area contributed by atoms with E-state index >= 15 is 0 Å². The van der Waals surface area contributed by atoms with Crippen LogP contribution in [0.25, 0.3) is 0 Å². The highest BCUT2D eigenvalue weighted by Gasteiger charge is 2.41. The van der Waals surface area contributed by atoms with Gasteiger partial charge in [-0.2, -0.15) is 11.8 Å². The molecule has 1 N–H and O–H groups in total. The summed E-state index contributed by atoms with van der Waals surface area (Å²) in [5, 5.41) is 3.89. The molecule has 0 aromatic rings. The van der Waals surface area contributed by atoms with Crippen molar-refractivity contribution in [3.8, 4) is 0 Å². The topological polar surface area (TPSA) is 12.0 Å². The fourth-order valence-corrected chi connectivity index (χ4v) is 3.48. The van der Waals surface area contributed by atoms with Crippen molar-refractivity contribution in [2.24, 2.45) is 17.8 Å². The summed E-state index contributed by atoms with van der Waals surface area (Å²) in [6, 6.07) is 1.57. The van der Waals surface area contributed by atoms with Gasteiger partial charge in [0, 0.05) is 17.8 Å². The van der Waals surface area contributed by atoms with Crippen molar-refractivity contribution in [2.75, 3.05) is 11.5 Å². The van der Waals surface area contributed by atoms with Crippen LogP contribution in [0.15, 0.2) is 0 Å². The van der Waals surface area contributed by atoms with Gasteiger partial charge in [0.15, 0.2) is 0 Å². The fraction of sp³-hybridized carbons (Fsp3) is 1.00. The average Bonchev–Trinajstić information content (AvgIpc) is 3.06. The van der Waals surface area contributed by atoms with Crippen LogP contribution in [0.5, 0.6) is 0 Å². The molecule has 0 aliphatic heterocycles. The maximum absolute atomic E-state index is 3.89. The van der Waals surface area contributed by atoms with Crippen LogP contribution in [0.1, 0.15) is 46.5 Å². The number of thioether (sulfide) groups is 1. The SMILES string of the molecule is CC(C)CSCC(C)NC(C1CC1)C1CC1. The molecule has 94 valence electrons.